The van der Waals surface area contributed by atoms with E-state index in [9.17, 15) is 4.79 Å². The Balaban J connectivity index is 0. The van der Waals surface area contributed by atoms with Gasteiger partial charge in [-0.1, -0.05) is 41.0 Å². The van der Waals surface area contributed by atoms with Gasteiger partial charge in [-0.15, -0.1) is 0 Å². The summed E-state index contributed by atoms with van der Waals surface area (Å²) in [6.07, 6.45) is 1.79. The van der Waals surface area contributed by atoms with Crippen molar-refractivity contribution >= 4 is 5.78 Å². The van der Waals surface area contributed by atoms with Crippen molar-refractivity contribution in [2.45, 2.75) is 54.4 Å². The lowest BCUT2D eigenvalue weighted by atomic mass is 9.85. The van der Waals surface area contributed by atoms with Crippen LogP contribution in [0.2, 0.25) is 0 Å². The first-order chi connectivity index (χ1) is 4.98. The maximum atomic E-state index is 10.6. The molecule has 0 bridgehead atoms. The molecule has 1 heteroatoms. The highest BCUT2D eigenvalue weighted by Crippen LogP contribution is 2.23. The van der Waals surface area contributed by atoms with Gasteiger partial charge in [-0.05, 0) is 12.3 Å². The summed E-state index contributed by atoms with van der Waals surface area (Å²) < 4.78 is 0. The zero-order chi connectivity index (χ0) is 9.49. The van der Waals surface area contributed by atoms with Gasteiger partial charge in [0.25, 0.3) is 0 Å². The van der Waals surface area contributed by atoms with Crippen molar-refractivity contribution in [2.75, 3.05) is 0 Å². The summed E-state index contributed by atoms with van der Waals surface area (Å²) >= 11 is 0. The second kappa shape index (κ2) is 6.38. The zero-order valence-electron chi connectivity index (χ0n) is 8.82. The lowest BCUT2D eigenvalue weighted by Gasteiger charge is -2.19. The first-order valence-corrected chi connectivity index (χ1v) is 4.47. The predicted molar refractivity (Wildman–Crippen MR) is 50.7 cm³/mol. The molecule has 1 nitrogen and oxygen atoms in total. The third-order valence-electron chi connectivity index (χ3n) is 1.68. The normalized spacial score (nSPS) is 10.0. The molecule has 0 aromatic heterocycles. The quantitative estimate of drug-likeness (QED) is 0.615. The SMILES string of the molecule is CC.CCC(C)(C)CC(C)=O. The van der Waals surface area contributed by atoms with E-state index < -0.39 is 0 Å². The molecule has 68 valence electrons. The van der Waals surface area contributed by atoms with Crippen molar-refractivity contribution in [3.63, 3.8) is 0 Å². The summed E-state index contributed by atoms with van der Waals surface area (Å²) in [6, 6.07) is 0. The van der Waals surface area contributed by atoms with E-state index in [1.165, 1.54) is 0 Å². The molecule has 0 aromatic carbocycles. The molecule has 0 rings (SSSR count). The number of hydrogen-bond donors (Lipinski definition) is 0. The fraction of sp³-hybridized carbons (Fsp3) is 0.900. The van der Waals surface area contributed by atoms with E-state index in [1.807, 2.05) is 13.8 Å². The molecule has 0 saturated carbocycles. The van der Waals surface area contributed by atoms with Gasteiger partial charge >= 0.3 is 0 Å². The smallest absolute Gasteiger partial charge is 0.130 e. The molecule has 0 radical (unpaired) electrons. The fourth-order valence-corrected chi connectivity index (χ4v) is 0.799. The van der Waals surface area contributed by atoms with Crippen molar-refractivity contribution in [3.8, 4) is 0 Å². The topological polar surface area (TPSA) is 17.1 Å². The average molecular weight is 158 g/mol. The van der Waals surface area contributed by atoms with Crippen LogP contribution in [0.5, 0.6) is 0 Å². The Kier molecular flexibility index (Phi) is 7.70. The van der Waals surface area contributed by atoms with Crippen molar-refractivity contribution in [1.82, 2.24) is 0 Å². The fourth-order valence-electron chi connectivity index (χ4n) is 0.799. The van der Waals surface area contributed by atoms with Crippen LogP contribution in [-0.4, -0.2) is 5.78 Å². The average Bonchev–Trinajstić information content (AvgIpc) is 1.90. The molecule has 0 aromatic rings. The molecule has 0 saturated heterocycles. The first-order valence-electron chi connectivity index (χ1n) is 4.47. The van der Waals surface area contributed by atoms with Crippen LogP contribution >= 0.6 is 0 Å². The Morgan fingerprint density at radius 1 is 1.27 bits per heavy atom. The largest absolute Gasteiger partial charge is 0.300 e. The van der Waals surface area contributed by atoms with E-state index in [2.05, 4.69) is 20.8 Å². The minimum Gasteiger partial charge on any atom is -0.300 e. The number of ketones is 1. The Bertz CT molecular complexity index is 103. The summed E-state index contributed by atoms with van der Waals surface area (Å²) in [4.78, 5) is 10.6. The molecule has 0 amide bonds. The second-order valence-corrected chi connectivity index (χ2v) is 3.40. The van der Waals surface area contributed by atoms with E-state index in [4.69, 9.17) is 0 Å². The van der Waals surface area contributed by atoms with Crippen molar-refractivity contribution in [3.05, 3.63) is 0 Å². The number of carbonyl (C=O) groups is 1. The molecule has 0 N–H and O–H groups in total. The lowest BCUT2D eigenvalue weighted by molar-refractivity contribution is -0.118. The predicted octanol–water partition coefficient (Wildman–Crippen LogP) is 3.43. The van der Waals surface area contributed by atoms with Crippen LogP contribution in [0.15, 0.2) is 0 Å². The van der Waals surface area contributed by atoms with E-state index in [0.717, 1.165) is 6.42 Å². The van der Waals surface area contributed by atoms with Crippen LogP contribution in [-0.2, 0) is 4.79 Å². The Morgan fingerprint density at radius 2 is 1.64 bits per heavy atom. The van der Waals surface area contributed by atoms with Gasteiger partial charge in [0.1, 0.15) is 5.78 Å². The minimum atomic E-state index is 0.214. The van der Waals surface area contributed by atoms with Crippen LogP contribution in [0.4, 0.5) is 0 Å². The molecule has 0 fully saturated rings. The summed E-state index contributed by atoms with van der Waals surface area (Å²) in [5.41, 5.74) is 0.214. The standard InChI is InChI=1S/C8H16O.C2H6/c1-5-8(3,4)6-7(2)9;1-2/h5-6H2,1-4H3;1-2H3. The lowest BCUT2D eigenvalue weighted by Crippen LogP contribution is -2.13. The second-order valence-electron chi connectivity index (χ2n) is 3.40. The third-order valence-corrected chi connectivity index (χ3v) is 1.68. The Labute approximate surface area is 71.2 Å². The maximum Gasteiger partial charge on any atom is 0.130 e. The van der Waals surface area contributed by atoms with Gasteiger partial charge in [0.2, 0.25) is 0 Å². The Hall–Kier alpha value is -0.330. The summed E-state index contributed by atoms with van der Waals surface area (Å²) in [5.74, 6) is 0.293. The monoisotopic (exact) mass is 158 g/mol. The van der Waals surface area contributed by atoms with E-state index >= 15 is 0 Å². The zero-order valence-corrected chi connectivity index (χ0v) is 8.82. The summed E-state index contributed by atoms with van der Waals surface area (Å²) in [5, 5.41) is 0. The first kappa shape index (κ1) is 13.3. The maximum absolute atomic E-state index is 10.6. The van der Waals surface area contributed by atoms with Crippen LogP contribution in [0.25, 0.3) is 0 Å². The van der Waals surface area contributed by atoms with Crippen molar-refractivity contribution in [2.24, 2.45) is 5.41 Å². The molecule has 0 aliphatic carbocycles. The van der Waals surface area contributed by atoms with E-state index in [0.29, 0.717) is 12.2 Å². The van der Waals surface area contributed by atoms with Crippen LogP contribution in [0, 0.1) is 5.41 Å². The van der Waals surface area contributed by atoms with E-state index in [-0.39, 0.29) is 5.41 Å². The Morgan fingerprint density at radius 3 is 1.73 bits per heavy atom. The van der Waals surface area contributed by atoms with Gasteiger partial charge in [0.15, 0.2) is 0 Å². The van der Waals surface area contributed by atoms with Crippen molar-refractivity contribution < 1.29 is 4.79 Å². The summed E-state index contributed by atoms with van der Waals surface area (Å²) in [7, 11) is 0. The van der Waals surface area contributed by atoms with Gasteiger partial charge in [-0.3, -0.25) is 0 Å². The minimum absolute atomic E-state index is 0.214. The van der Waals surface area contributed by atoms with Crippen LogP contribution in [0.3, 0.4) is 0 Å². The number of hydrogen-bond acceptors (Lipinski definition) is 1. The van der Waals surface area contributed by atoms with Gasteiger partial charge in [-0.25, -0.2) is 0 Å². The van der Waals surface area contributed by atoms with Gasteiger partial charge in [-0.2, -0.15) is 0 Å². The highest BCUT2D eigenvalue weighted by molar-refractivity contribution is 5.76. The summed E-state index contributed by atoms with van der Waals surface area (Å²) in [6.45, 7) is 12.0. The highest BCUT2D eigenvalue weighted by Gasteiger charge is 2.16. The molecule has 0 spiro atoms. The molecular formula is C10H22O. The van der Waals surface area contributed by atoms with E-state index in [1.54, 1.807) is 6.92 Å². The third kappa shape index (κ3) is 9.67. The molecule has 0 aliphatic rings. The molecule has 0 aliphatic heterocycles. The van der Waals surface area contributed by atoms with Gasteiger partial charge in [0, 0.05) is 6.42 Å². The number of carbonyl (C=O) groups excluding carboxylic acids is 1. The number of rotatable bonds is 3. The van der Waals surface area contributed by atoms with Gasteiger partial charge < -0.3 is 4.79 Å². The molecule has 0 heterocycles. The molecular weight excluding hydrogens is 136 g/mol. The van der Waals surface area contributed by atoms with Crippen LogP contribution < -0.4 is 0 Å². The van der Waals surface area contributed by atoms with Crippen molar-refractivity contribution in [1.29, 1.82) is 0 Å². The molecule has 11 heavy (non-hydrogen) atoms. The molecule has 0 unspecified atom stereocenters. The number of Topliss-reactive ketones (excluding diaryl/α,β-unsaturated/α-hetero) is 1. The van der Waals surface area contributed by atoms with Crippen LogP contribution in [0.1, 0.15) is 54.4 Å². The van der Waals surface area contributed by atoms with Gasteiger partial charge in [0.05, 0.1) is 0 Å². The highest BCUT2D eigenvalue weighted by atomic mass is 16.1. The molecule has 0 atom stereocenters.